The van der Waals surface area contributed by atoms with Crippen LogP contribution in [0.2, 0.25) is 0 Å². The Morgan fingerprint density at radius 2 is 0.838 bits per heavy atom. The number of unbranched alkanes of at least 4 members (excludes halogenated alkanes) is 6. The van der Waals surface area contributed by atoms with Crippen LogP contribution >= 0.6 is 0 Å². The van der Waals surface area contributed by atoms with Crippen LogP contribution in [0.1, 0.15) is 175 Å². The Labute approximate surface area is 415 Å². The van der Waals surface area contributed by atoms with Gasteiger partial charge < -0.3 is 29.2 Å². The second-order valence-electron chi connectivity index (χ2n) is 16.8. The zero-order valence-corrected chi connectivity index (χ0v) is 43.3. The molecule has 0 aromatic rings. The van der Waals surface area contributed by atoms with Gasteiger partial charge in [0.15, 0.2) is 0 Å². The molecule has 0 saturated carbocycles. The predicted molar refractivity (Wildman–Crippen MR) is 288 cm³/mol. The summed E-state index contributed by atoms with van der Waals surface area (Å²) in [6, 6.07) is 0. The van der Waals surface area contributed by atoms with Crippen LogP contribution in [0.4, 0.5) is 4.79 Å². The third kappa shape index (κ3) is 50.9. The van der Waals surface area contributed by atoms with Crippen molar-refractivity contribution in [2.45, 2.75) is 181 Å². The molecule has 0 unspecified atom stereocenters. The minimum atomic E-state index is -0.429. The Bertz CT molecular complexity index is 1390. The Hall–Kier alpha value is -4.47. The zero-order chi connectivity index (χ0) is 49.5. The van der Waals surface area contributed by atoms with Crippen LogP contribution in [0.5, 0.6) is 0 Å². The molecule has 68 heavy (non-hydrogen) atoms. The average molecular weight is 945 g/mol. The largest absolute Gasteiger partial charge is 0.466 e. The molecule has 0 aromatic heterocycles. The first-order chi connectivity index (χ1) is 33.4. The summed E-state index contributed by atoms with van der Waals surface area (Å²) in [5.41, 5.74) is 0. The van der Waals surface area contributed by atoms with Gasteiger partial charge in [-0.1, -0.05) is 142 Å². The van der Waals surface area contributed by atoms with Crippen molar-refractivity contribution in [3.63, 3.8) is 0 Å². The smallest absolute Gasteiger partial charge is 0.407 e. The summed E-state index contributed by atoms with van der Waals surface area (Å²) < 4.78 is 22.4. The van der Waals surface area contributed by atoms with Gasteiger partial charge in [0.2, 0.25) is 0 Å². The Morgan fingerprint density at radius 3 is 1.22 bits per heavy atom. The van der Waals surface area contributed by atoms with Gasteiger partial charge in [0.05, 0.1) is 26.4 Å². The number of carbonyl (C=O) groups is 3. The number of ether oxygens (including phenoxy) is 4. The van der Waals surface area contributed by atoms with Crippen LogP contribution in [0.15, 0.2) is 122 Å². The number of nitrogens with zero attached hydrogens (tertiary/aromatic N) is 1. The fraction of sp³-hybridized carbons (Fsp3) is 0.610. The number of alkyl carbamates (subject to hydrolysis) is 1. The lowest BCUT2D eigenvalue weighted by Crippen LogP contribution is -2.32. The van der Waals surface area contributed by atoms with E-state index in [9.17, 15) is 14.4 Å². The second-order valence-corrected chi connectivity index (χ2v) is 16.8. The lowest BCUT2D eigenvalue weighted by molar-refractivity contribution is -0.144. The van der Waals surface area contributed by atoms with Crippen LogP contribution in [-0.4, -0.2) is 82.1 Å². The van der Waals surface area contributed by atoms with Gasteiger partial charge in [-0.15, -0.1) is 0 Å². The summed E-state index contributed by atoms with van der Waals surface area (Å²) in [7, 11) is 2.05. The van der Waals surface area contributed by atoms with E-state index in [0.717, 1.165) is 154 Å². The molecule has 0 bridgehead atoms. The van der Waals surface area contributed by atoms with Crippen molar-refractivity contribution in [2.24, 2.45) is 0 Å². The molecule has 9 heteroatoms. The van der Waals surface area contributed by atoms with E-state index in [1.807, 2.05) is 7.05 Å². The number of nitrogens with one attached hydrogen (secondary N) is 1. The number of amides is 1. The molecule has 0 atom stereocenters. The maximum Gasteiger partial charge on any atom is 0.407 e. The third-order valence-corrected chi connectivity index (χ3v) is 10.6. The van der Waals surface area contributed by atoms with E-state index in [2.05, 4.69) is 153 Å². The monoisotopic (exact) mass is 945 g/mol. The number of allylic oxidation sites excluding steroid dienone is 20. The number of likely N-dealkylation sites (N-methyl/N-ethyl adjacent to an activating group) is 1. The van der Waals surface area contributed by atoms with Crippen LogP contribution in [0.25, 0.3) is 0 Å². The molecule has 0 aromatic carbocycles. The molecule has 0 aliphatic heterocycles. The Balaban J connectivity index is 4.31. The topological polar surface area (TPSA) is 103 Å². The first-order valence-corrected chi connectivity index (χ1v) is 26.4. The molecule has 384 valence electrons. The molecule has 0 heterocycles. The van der Waals surface area contributed by atoms with Crippen LogP contribution in [0, 0.1) is 0 Å². The predicted octanol–water partition coefficient (Wildman–Crippen LogP) is 15.1. The summed E-state index contributed by atoms with van der Waals surface area (Å²) in [4.78, 5) is 39.3. The van der Waals surface area contributed by atoms with E-state index in [1.54, 1.807) is 0 Å². The van der Waals surface area contributed by atoms with E-state index in [0.29, 0.717) is 45.8 Å². The maximum absolute atomic E-state index is 12.6. The van der Waals surface area contributed by atoms with Gasteiger partial charge in [-0.2, -0.15) is 0 Å². The van der Waals surface area contributed by atoms with Gasteiger partial charge in [0.1, 0.15) is 6.10 Å². The summed E-state index contributed by atoms with van der Waals surface area (Å²) in [6.45, 7) is 10.5. The Kier molecular flexibility index (Phi) is 50.0. The maximum atomic E-state index is 12.6. The number of hydrogen-bond acceptors (Lipinski definition) is 8. The fourth-order valence-electron chi connectivity index (χ4n) is 6.44. The van der Waals surface area contributed by atoms with E-state index in [-0.39, 0.29) is 18.0 Å². The molecule has 9 nitrogen and oxygen atoms in total. The fourth-order valence-corrected chi connectivity index (χ4v) is 6.44. The van der Waals surface area contributed by atoms with Crippen LogP contribution in [0.3, 0.4) is 0 Å². The Morgan fingerprint density at radius 1 is 0.456 bits per heavy atom. The quantitative estimate of drug-likeness (QED) is 0.0279. The number of esters is 2. The molecule has 0 aliphatic rings. The van der Waals surface area contributed by atoms with E-state index >= 15 is 0 Å². The van der Waals surface area contributed by atoms with Crippen molar-refractivity contribution < 1.29 is 33.3 Å². The zero-order valence-electron chi connectivity index (χ0n) is 43.3. The van der Waals surface area contributed by atoms with Crippen molar-refractivity contribution >= 4 is 18.0 Å². The first-order valence-electron chi connectivity index (χ1n) is 26.4. The van der Waals surface area contributed by atoms with Gasteiger partial charge in [0, 0.05) is 25.9 Å². The van der Waals surface area contributed by atoms with Gasteiger partial charge in [0.25, 0.3) is 0 Å². The van der Waals surface area contributed by atoms with Gasteiger partial charge in [-0.25, -0.2) is 4.79 Å². The summed E-state index contributed by atoms with van der Waals surface area (Å²) >= 11 is 0. The van der Waals surface area contributed by atoms with Crippen molar-refractivity contribution in [3.05, 3.63) is 122 Å². The number of hydrogen-bond donors (Lipinski definition) is 1. The SMILES string of the molecule is CC/C=C\C/C=C\C/C=C\C/C=C\C/C=C\CCCC(=O)OCCCCCC(CCCCCOC(=O)CCC/C=C\C/C=C\C/C=C\C/C=C\C/C=C\CC)OC(=O)NCCOCCN(C)CC. The number of carbonyl (C=O) groups excluding carboxylic acids is 3. The highest BCUT2D eigenvalue weighted by Gasteiger charge is 2.14. The molecular formula is C59H96N2O7. The molecule has 0 aliphatic carbocycles. The molecule has 1 N–H and O–H groups in total. The van der Waals surface area contributed by atoms with Gasteiger partial charge in [-0.05, 0) is 155 Å². The lowest BCUT2D eigenvalue weighted by Gasteiger charge is -2.19. The summed E-state index contributed by atoms with van der Waals surface area (Å²) in [5.74, 6) is -0.299. The minimum absolute atomic E-state index is 0.149. The van der Waals surface area contributed by atoms with Crippen LogP contribution < -0.4 is 5.32 Å². The molecule has 0 saturated heterocycles. The van der Waals surface area contributed by atoms with E-state index in [1.165, 1.54) is 0 Å². The van der Waals surface area contributed by atoms with Crippen molar-refractivity contribution in [1.82, 2.24) is 10.2 Å². The molecule has 0 spiro atoms. The third-order valence-electron chi connectivity index (χ3n) is 10.6. The van der Waals surface area contributed by atoms with E-state index < -0.39 is 6.09 Å². The highest BCUT2D eigenvalue weighted by Crippen LogP contribution is 2.16. The first kappa shape index (κ1) is 63.5. The standard InChI is InChI=1S/C59H96N2O7/c1-5-8-10-12-14-16-18-20-22-24-26-28-30-32-34-36-42-48-57(62)66-52-44-38-40-46-56(68-59(64)60-50-54-65-55-51-61(4)7-3)47-41-39-45-53-67-58(63)49-43-37-35-33-31-29-27-25-23-21-19-17-15-13-11-9-6-2/h8-11,14-17,20-23,26-29,32-35,56H,5-7,12-13,18-19,24-25,30-31,36-55H2,1-4H3,(H,60,64)/b10-8-,11-9-,16-14-,17-15-,22-20-,23-21-,28-26-,29-27-,34-32-,35-33-. The van der Waals surface area contributed by atoms with Gasteiger partial charge >= 0.3 is 18.0 Å². The lowest BCUT2D eigenvalue weighted by atomic mass is 10.0. The van der Waals surface area contributed by atoms with Gasteiger partial charge in [-0.3, -0.25) is 9.59 Å². The molecule has 0 radical (unpaired) electrons. The number of rotatable bonds is 46. The summed E-state index contributed by atoms with van der Waals surface area (Å²) in [5, 5.41) is 2.82. The minimum Gasteiger partial charge on any atom is -0.466 e. The molecular weight excluding hydrogens is 849 g/mol. The molecule has 0 fully saturated rings. The average Bonchev–Trinajstić information content (AvgIpc) is 3.33. The van der Waals surface area contributed by atoms with Crippen molar-refractivity contribution in [3.8, 4) is 0 Å². The molecule has 0 rings (SSSR count). The normalized spacial score (nSPS) is 12.7. The highest BCUT2D eigenvalue weighted by molar-refractivity contribution is 5.69. The molecule has 1 amide bonds. The summed E-state index contributed by atoms with van der Waals surface area (Å²) in [6.07, 6.45) is 63.5. The highest BCUT2D eigenvalue weighted by atomic mass is 16.6. The van der Waals surface area contributed by atoms with Crippen molar-refractivity contribution in [1.29, 1.82) is 0 Å². The van der Waals surface area contributed by atoms with Crippen LogP contribution in [-0.2, 0) is 28.5 Å². The second kappa shape index (κ2) is 53.5. The van der Waals surface area contributed by atoms with E-state index in [4.69, 9.17) is 18.9 Å². The van der Waals surface area contributed by atoms with Crippen molar-refractivity contribution in [2.75, 3.05) is 53.1 Å².